The molecule has 1 aliphatic carbocycles. The smallest absolute Gasteiger partial charge is 0.267 e. The number of nitrogens with zero attached hydrogens (tertiary/aromatic N) is 2. The molecule has 212 valence electrons. The summed E-state index contributed by atoms with van der Waals surface area (Å²) >= 11 is 7.52. The Labute approximate surface area is 249 Å². The van der Waals surface area contributed by atoms with Gasteiger partial charge in [-0.3, -0.25) is 14.5 Å². The van der Waals surface area contributed by atoms with Gasteiger partial charge < -0.3 is 14.8 Å². The number of ether oxygens (including phenoxy) is 2. The molecular formula is C32H32ClN3O4S. The number of rotatable bonds is 8. The number of anilines is 1. The molecule has 0 spiro atoms. The number of carbonyl (C=O) groups is 2. The lowest BCUT2D eigenvalue weighted by atomic mass is 9.85. The van der Waals surface area contributed by atoms with Crippen LogP contribution in [0.15, 0.2) is 82.7 Å². The van der Waals surface area contributed by atoms with Crippen LogP contribution in [0.25, 0.3) is 6.08 Å². The van der Waals surface area contributed by atoms with Crippen LogP contribution in [0.3, 0.4) is 0 Å². The van der Waals surface area contributed by atoms with E-state index in [-0.39, 0.29) is 24.5 Å². The number of carbonyl (C=O) groups excluding carboxylic acids is 2. The maximum atomic E-state index is 13.8. The van der Waals surface area contributed by atoms with Gasteiger partial charge in [0.05, 0.1) is 28.4 Å². The van der Waals surface area contributed by atoms with E-state index in [1.807, 2.05) is 47.4 Å². The number of benzene rings is 3. The van der Waals surface area contributed by atoms with Crippen molar-refractivity contribution < 1.29 is 19.1 Å². The number of aliphatic imine (C=N–C) groups is 1. The highest BCUT2D eigenvalue weighted by Crippen LogP contribution is 2.40. The van der Waals surface area contributed by atoms with Crippen LogP contribution < -0.4 is 14.8 Å². The number of amides is 2. The molecule has 1 aliphatic heterocycles. The molecule has 0 unspecified atom stereocenters. The van der Waals surface area contributed by atoms with Crippen LogP contribution in [0.1, 0.15) is 38.2 Å². The van der Waals surface area contributed by atoms with Crippen LogP contribution in [0, 0.1) is 5.92 Å². The van der Waals surface area contributed by atoms with Crippen molar-refractivity contribution in [2.24, 2.45) is 10.9 Å². The molecule has 1 N–H and O–H groups in total. The molecule has 0 bridgehead atoms. The van der Waals surface area contributed by atoms with Crippen molar-refractivity contribution in [2.75, 3.05) is 19.0 Å². The number of methoxy groups -OCH3 is 1. The average molecular weight is 590 g/mol. The predicted molar refractivity (Wildman–Crippen MR) is 166 cm³/mol. The lowest BCUT2D eigenvalue weighted by molar-refractivity contribution is -0.125. The molecule has 1 saturated carbocycles. The predicted octanol–water partition coefficient (Wildman–Crippen LogP) is 7.55. The number of thioether (sulfide) groups is 1. The number of nitrogens with one attached hydrogen (secondary N) is 1. The molecule has 41 heavy (non-hydrogen) atoms. The number of halogens is 1. The number of para-hydroxylation sites is 2. The van der Waals surface area contributed by atoms with E-state index in [0.717, 1.165) is 30.5 Å². The largest absolute Gasteiger partial charge is 0.493 e. The third-order valence-corrected chi connectivity index (χ3v) is 8.52. The number of hydrogen-bond acceptors (Lipinski definition) is 6. The second-order valence-electron chi connectivity index (χ2n) is 10.1. The summed E-state index contributed by atoms with van der Waals surface area (Å²) in [6.45, 7) is 2.01. The Kier molecular flexibility index (Phi) is 9.31. The topological polar surface area (TPSA) is 80.2 Å². The lowest BCUT2D eigenvalue weighted by Crippen LogP contribution is -2.44. The van der Waals surface area contributed by atoms with Gasteiger partial charge in [0.25, 0.3) is 11.8 Å². The van der Waals surface area contributed by atoms with Crippen LogP contribution in [-0.2, 0) is 9.59 Å². The van der Waals surface area contributed by atoms with E-state index >= 15 is 0 Å². The molecule has 2 aliphatic rings. The monoisotopic (exact) mass is 589 g/mol. The molecule has 5 rings (SSSR count). The van der Waals surface area contributed by atoms with Crippen molar-refractivity contribution in [2.45, 2.75) is 38.6 Å². The fourth-order valence-corrected chi connectivity index (χ4v) is 6.32. The highest BCUT2D eigenvalue weighted by Gasteiger charge is 2.41. The standard InChI is InChI=1S/C32H32ClN3O4S/c1-21-10-6-9-15-26(21)36-31(38)29(41-32(36)34-23-11-4-3-5-12-23)19-22-16-17-27(28(18-22)39-2)40-20-30(37)35-25-14-8-7-13-24(25)33/h3-5,7-8,11-14,16-19,21,26H,6,9-10,15,20H2,1-2H3,(H,35,37)/b29-19-,34-32?/t21-,26+/m0/s1. The molecule has 3 aromatic carbocycles. The van der Waals surface area contributed by atoms with Crippen LogP contribution >= 0.6 is 23.4 Å². The van der Waals surface area contributed by atoms with Gasteiger partial charge in [-0.05, 0) is 78.6 Å². The van der Waals surface area contributed by atoms with E-state index in [9.17, 15) is 9.59 Å². The minimum atomic E-state index is -0.346. The van der Waals surface area contributed by atoms with Crippen molar-refractivity contribution in [3.63, 3.8) is 0 Å². The third-order valence-electron chi connectivity index (χ3n) is 7.21. The maximum Gasteiger partial charge on any atom is 0.267 e. The van der Waals surface area contributed by atoms with Gasteiger partial charge >= 0.3 is 0 Å². The molecule has 1 heterocycles. The first-order valence-corrected chi connectivity index (χ1v) is 14.8. The molecule has 0 radical (unpaired) electrons. The first kappa shape index (κ1) is 28.8. The Morgan fingerprint density at radius 1 is 1.07 bits per heavy atom. The van der Waals surface area contributed by atoms with E-state index in [2.05, 4.69) is 12.2 Å². The number of amidine groups is 1. The van der Waals surface area contributed by atoms with Crippen molar-refractivity contribution in [3.8, 4) is 11.5 Å². The Bertz CT molecular complexity index is 1480. The van der Waals surface area contributed by atoms with Gasteiger partial charge in [-0.15, -0.1) is 0 Å². The summed E-state index contributed by atoms with van der Waals surface area (Å²) < 4.78 is 11.3. The van der Waals surface area contributed by atoms with E-state index in [1.54, 1.807) is 36.4 Å². The summed E-state index contributed by atoms with van der Waals surface area (Å²) in [5.41, 5.74) is 2.12. The summed E-state index contributed by atoms with van der Waals surface area (Å²) in [5, 5.41) is 3.89. The van der Waals surface area contributed by atoms with Crippen molar-refractivity contribution in [1.82, 2.24) is 4.90 Å². The Morgan fingerprint density at radius 3 is 2.59 bits per heavy atom. The molecule has 2 fully saturated rings. The molecule has 7 nitrogen and oxygen atoms in total. The van der Waals surface area contributed by atoms with Gasteiger partial charge in [0.2, 0.25) is 0 Å². The first-order valence-electron chi connectivity index (χ1n) is 13.6. The Morgan fingerprint density at radius 2 is 1.83 bits per heavy atom. The van der Waals surface area contributed by atoms with E-state index in [4.69, 9.17) is 26.1 Å². The van der Waals surface area contributed by atoms with Crippen LogP contribution in [0.4, 0.5) is 11.4 Å². The van der Waals surface area contributed by atoms with Crippen LogP contribution in [-0.4, -0.2) is 41.6 Å². The molecule has 1 saturated heterocycles. The van der Waals surface area contributed by atoms with Gasteiger partial charge in [-0.25, -0.2) is 4.99 Å². The summed E-state index contributed by atoms with van der Waals surface area (Å²) in [4.78, 5) is 33.6. The van der Waals surface area contributed by atoms with Crippen molar-refractivity contribution in [3.05, 3.63) is 88.3 Å². The van der Waals surface area contributed by atoms with Crippen molar-refractivity contribution >= 4 is 57.8 Å². The van der Waals surface area contributed by atoms with Crippen LogP contribution in [0.2, 0.25) is 5.02 Å². The summed E-state index contributed by atoms with van der Waals surface area (Å²) in [5.74, 6) is 0.899. The zero-order valence-electron chi connectivity index (χ0n) is 23.0. The Hall–Kier alpha value is -3.75. The van der Waals surface area contributed by atoms with E-state index in [0.29, 0.717) is 38.2 Å². The molecule has 2 atom stereocenters. The first-order chi connectivity index (χ1) is 19.9. The third kappa shape index (κ3) is 6.94. The van der Waals surface area contributed by atoms with Gasteiger partial charge in [-0.2, -0.15) is 0 Å². The zero-order chi connectivity index (χ0) is 28.8. The zero-order valence-corrected chi connectivity index (χ0v) is 24.6. The Balaban J connectivity index is 1.35. The fourth-order valence-electron chi connectivity index (χ4n) is 5.09. The van der Waals surface area contributed by atoms with Gasteiger partial charge in [0.1, 0.15) is 0 Å². The minimum Gasteiger partial charge on any atom is -0.493 e. The van der Waals surface area contributed by atoms with Gasteiger partial charge in [0, 0.05) is 6.04 Å². The second kappa shape index (κ2) is 13.3. The highest BCUT2D eigenvalue weighted by molar-refractivity contribution is 8.18. The highest BCUT2D eigenvalue weighted by atomic mass is 35.5. The molecule has 2 amide bonds. The second-order valence-corrected chi connectivity index (χ2v) is 11.5. The lowest BCUT2D eigenvalue weighted by Gasteiger charge is -2.35. The average Bonchev–Trinajstić information content (AvgIpc) is 3.27. The molecule has 0 aromatic heterocycles. The summed E-state index contributed by atoms with van der Waals surface area (Å²) in [6.07, 6.45) is 6.23. The minimum absolute atomic E-state index is 0.0287. The number of hydrogen-bond donors (Lipinski definition) is 1. The normalized spacial score (nSPS) is 20.9. The fraction of sp³-hybridized carbons (Fsp3) is 0.281. The van der Waals surface area contributed by atoms with Gasteiger partial charge in [-0.1, -0.05) is 67.8 Å². The molecular weight excluding hydrogens is 558 g/mol. The quantitative estimate of drug-likeness (QED) is 0.274. The van der Waals surface area contributed by atoms with E-state index in [1.165, 1.54) is 25.3 Å². The molecule has 3 aromatic rings. The SMILES string of the molecule is COc1cc(/C=C2\SC(=Nc3ccccc3)N([C@@H]3CCCC[C@@H]3C)C2=O)ccc1OCC(=O)Nc1ccccc1Cl. The van der Waals surface area contributed by atoms with E-state index < -0.39 is 0 Å². The summed E-state index contributed by atoms with van der Waals surface area (Å²) in [6, 6.07) is 22.2. The summed E-state index contributed by atoms with van der Waals surface area (Å²) in [7, 11) is 1.54. The maximum absolute atomic E-state index is 13.8. The van der Waals surface area contributed by atoms with Crippen LogP contribution in [0.5, 0.6) is 11.5 Å². The molecule has 9 heteroatoms. The van der Waals surface area contributed by atoms with Crippen molar-refractivity contribution in [1.29, 1.82) is 0 Å². The van der Waals surface area contributed by atoms with Gasteiger partial charge in [0.15, 0.2) is 23.3 Å².